The lowest BCUT2D eigenvalue weighted by Crippen LogP contribution is -1.85. The average Bonchev–Trinajstić information content (AvgIpc) is 2.74. The van der Waals surface area contributed by atoms with Gasteiger partial charge in [0.05, 0.1) is 0 Å². The number of hydrogen-bond acceptors (Lipinski definition) is 0. The van der Waals surface area contributed by atoms with Crippen LogP contribution in [0.25, 0.3) is 21.9 Å². The fraction of sp³-hybridized carbons (Fsp3) is 0.143. The van der Waals surface area contributed by atoms with Gasteiger partial charge in [0.1, 0.15) is 5.82 Å². The zero-order valence-electron chi connectivity index (χ0n) is 16.8. The monoisotopic (exact) mass is 378 g/mol. The molecule has 0 unspecified atom stereocenters. The first-order valence-electron chi connectivity index (χ1n) is 10.0. The third-order valence-corrected chi connectivity index (χ3v) is 5.20. The number of aryl methyl sites for hydroxylation is 2. The minimum absolute atomic E-state index is 0.256. The lowest BCUT2D eigenvalue weighted by molar-refractivity contribution is 0.627. The van der Waals surface area contributed by atoms with E-state index in [1.54, 1.807) is 6.07 Å². The van der Waals surface area contributed by atoms with Gasteiger partial charge in [0.15, 0.2) is 0 Å². The van der Waals surface area contributed by atoms with Crippen LogP contribution in [0.1, 0.15) is 35.6 Å². The second-order valence-corrected chi connectivity index (χ2v) is 7.43. The van der Waals surface area contributed by atoms with Gasteiger partial charge in [-0.1, -0.05) is 73.7 Å². The second kappa shape index (κ2) is 8.33. The largest absolute Gasteiger partial charge is 0.207 e. The Balaban J connectivity index is 1.58. The molecule has 0 radical (unpaired) electrons. The number of fused-ring (bicyclic) bond motifs is 1. The van der Waals surface area contributed by atoms with E-state index >= 15 is 0 Å². The van der Waals surface area contributed by atoms with Crippen molar-refractivity contribution in [1.29, 1.82) is 0 Å². The molecule has 4 aromatic carbocycles. The van der Waals surface area contributed by atoms with Gasteiger partial charge in [0.25, 0.3) is 0 Å². The maximum atomic E-state index is 13.4. The highest BCUT2D eigenvalue weighted by atomic mass is 19.1. The van der Waals surface area contributed by atoms with Crippen molar-refractivity contribution in [1.82, 2.24) is 0 Å². The van der Waals surface area contributed by atoms with Crippen molar-refractivity contribution in [3.8, 4) is 23.0 Å². The van der Waals surface area contributed by atoms with Crippen molar-refractivity contribution >= 4 is 10.8 Å². The summed E-state index contributed by atoms with van der Waals surface area (Å²) >= 11 is 0. The van der Waals surface area contributed by atoms with Gasteiger partial charge in [-0.05, 0) is 76.7 Å². The summed E-state index contributed by atoms with van der Waals surface area (Å²) in [4.78, 5) is 0. The van der Waals surface area contributed by atoms with E-state index in [0.717, 1.165) is 35.1 Å². The van der Waals surface area contributed by atoms with Crippen LogP contribution in [-0.2, 0) is 6.42 Å². The minimum atomic E-state index is -0.256. The normalized spacial score (nSPS) is 10.6. The summed E-state index contributed by atoms with van der Waals surface area (Å²) in [5.74, 6) is 5.96. The summed E-state index contributed by atoms with van der Waals surface area (Å²) in [6.07, 6.45) is 2.28. The number of hydrogen-bond donors (Lipinski definition) is 0. The second-order valence-electron chi connectivity index (χ2n) is 7.43. The number of rotatable bonds is 3. The number of benzene rings is 4. The highest BCUT2D eigenvalue weighted by Crippen LogP contribution is 2.26. The number of halogens is 1. The van der Waals surface area contributed by atoms with Crippen molar-refractivity contribution in [3.05, 3.63) is 107 Å². The molecule has 0 atom stereocenters. The SMILES string of the molecule is CCCc1ccc2cc(-c3ccc(C#Cc4cc(F)ccc4C)cc3)ccc2c1. The van der Waals surface area contributed by atoms with Crippen LogP contribution in [0.15, 0.2) is 78.9 Å². The summed E-state index contributed by atoms with van der Waals surface area (Å²) in [6.45, 7) is 4.15. The Kier molecular flexibility index (Phi) is 5.45. The van der Waals surface area contributed by atoms with Gasteiger partial charge in [0.2, 0.25) is 0 Å². The van der Waals surface area contributed by atoms with E-state index in [9.17, 15) is 4.39 Å². The smallest absolute Gasteiger partial charge is 0.124 e. The molecule has 0 aliphatic rings. The van der Waals surface area contributed by atoms with E-state index in [4.69, 9.17) is 0 Å². The zero-order chi connectivity index (χ0) is 20.2. The van der Waals surface area contributed by atoms with Gasteiger partial charge in [0, 0.05) is 11.1 Å². The molecule has 0 aliphatic heterocycles. The predicted octanol–water partition coefficient (Wildman–Crippen LogP) is 7.31. The maximum Gasteiger partial charge on any atom is 0.124 e. The van der Waals surface area contributed by atoms with Crippen molar-refractivity contribution in [2.75, 3.05) is 0 Å². The topological polar surface area (TPSA) is 0 Å². The molecule has 0 amide bonds. The summed E-state index contributed by atoms with van der Waals surface area (Å²) in [6, 6.07) is 26.3. The summed E-state index contributed by atoms with van der Waals surface area (Å²) in [5, 5.41) is 2.54. The van der Waals surface area contributed by atoms with E-state index < -0.39 is 0 Å². The summed E-state index contributed by atoms with van der Waals surface area (Å²) < 4.78 is 13.4. The van der Waals surface area contributed by atoms with E-state index in [1.807, 2.05) is 19.1 Å². The minimum Gasteiger partial charge on any atom is -0.207 e. The van der Waals surface area contributed by atoms with Crippen LogP contribution >= 0.6 is 0 Å². The van der Waals surface area contributed by atoms with Gasteiger partial charge in [-0.3, -0.25) is 0 Å². The molecular weight excluding hydrogens is 355 g/mol. The van der Waals surface area contributed by atoms with Crippen molar-refractivity contribution in [3.63, 3.8) is 0 Å². The molecule has 1 heteroatoms. The molecule has 0 aliphatic carbocycles. The molecule has 142 valence electrons. The van der Waals surface area contributed by atoms with Gasteiger partial charge in [-0.25, -0.2) is 4.39 Å². The molecule has 0 saturated heterocycles. The molecule has 0 bridgehead atoms. The van der Waals surface area contributed by atoms with E-state index in [2.05, 4.69) is 67.3 Å². The molecule has 0 saturated carbocycles. The molecule has 0 heterocycles. The van der Waals surface area contributed by atoms with Gasteiger partial charge in [-0.15, -0.1) is 0 Å². The van der Waals surface area contributed by atoms with Crippen LogP contribution in [0.3, 0.4) is 0 Å². The van der Waals surface area contributed by atoms with Crippen LogP contribution in [0.5, 0.6) is 0 Å². The van der Waals surface area contributed by atoms with E-state index in [-0.39, 0.29) is 5.82 Å². The molecule has 0 fully saturated rings. The standard InChI is InChI=1S/C28H23F/c1-3-4-22-9-13-27-18-26(15-14-25(27)17-22)23-10-6-21(7-11-23)8-12-24-19-28(29)16-5-20(24)2/h5-7,9-11,13-19H,3-4H2,1-2H3. The molecule has 4 aromatic rings. The van der Waals surface area contributed by atoms with E-state index in [1.165, 1.54) is 34.0 Å². The Morgan fingerprint density at radius 3 is 2.24 bits per heavy atom. The van der Waals surface area contributed by atoms with Gasteiger partial charge in [-0.2, -0.15) is 0 Å². The van der Waals surface area contributed by atoms with Crippen LogP contribution in [0.2, 0.25) is 0 Å². The molecule has 29 heavy (non-hydrogen) atoms. The summed E-state index contributed by atoms with van der Waals surface area (Å²) in [5.41, 5.74) is 6.38. The van der Waals surface area contributed by atoms with Crippen molar-refractivity contribution in [2.45, 2.75) is 26.7 Å². The third kappa shape index (κ3) is 4.39. The molecule has 4 rings (SSSR count). The highest BCUT2D eigenvalue weighted by Gasteiger charge is 2.02. The predicted molar refractivity (Wildman–Crippen MR) is 120 cm³/mol. The van der Waals surface area contributed by atoms with Crippen LogP contribution in [-0.4, -0.2) is 0 Å². The third-order valence-electron chi connectivity index (χ3n) is 5.20. The lowest BCUT2D eigenvalue weighted by Gasteiger charge is -2.06. The Morgan fingerprint density at radius 1 is 0.724 bits per heavy atom. The fourth-order valence-corrected chi connectivity index (χ4v) is 3.53. The first-order chi connectivity index (χ1) is 14.1. The maximum absolute atomic E-state index is 13.4. The van der Waals surface area contributed by atoms with Gasteiger partial charge < -0.3 is 0 Å². The first kappa shape index (κ1) is 19.0. The summed E-state index contributed by atoms with van der Waals surface area (Å²) in [7, 11) is 0. The van der Waals surface area contributed by atoms with Crippen molar-refractivity contribution < 1.29 is 4.39 Å². The molecule has 0 N–H and O–H groups in total. The zero-order valence-corrected chi connectivity index (χ0v) is 16.8. The first-order valence-corrected chi connectivity index (χ1v) is 10.0. The van der Waals surface area contributed by atoms with Crippen LogP contribution in [0, 0.1) is 24.6 Å². The lowest BCUT2D eigenvalue weighted by atomic mass is 9.98. The average molecular weight is 378 g/mol. The molecule has 0 spiro atoms. The molecular formula is C28H23F. The van der Waals surface area contributed by atoms with Crippen LogP contribution < -0.4 is 0 Å². The molecule has 0 aromatic heterocycles. The Bertz CT molecular complexity index is 1220. The Morgan fingerprint density at radius 2 is 1.45 bits per heavy atom. The van der Waals surface area contributed by atoms with Crippen LogP contribution in [0.4, 0.5) is 4.39 Å². The highest BCUT2D eigenvalue weighted by molar-refractivity contribution is 5.88. The Hall–Kier alpha value is -3.37. The Labute approximate surface area is 172 Å². The fourth-order valence-electron chi connectivity index (χ4n) is 3.53. The quantitative estimate of drug-likeness (QED) is 0.328. The molecule has 0 nitrogen and oxygen atoms in total. The van der Waals surface area contributed by atoms with Crippen molar-refractivity contribution in [2.24, 2.45) is 0 Å². The van der Waals surface area contributed by atoms with Gasteiger partial charge >= 0.3 is 0 Å². The van der Waals surface area contributed by atoms with E-state index in [0.29, 0.717) is 0 Å².